The van der Waals surface area contributed by atoms with Gasteiger partial charge in [-0.15, -0.1) is 24.0 Å². The molecular formula is C21H33IN6O. The van der Waals surface area contributed by atoms with Crippen LogP contribution in [-0.4, -0.2) is 46.0 Å². The van der Waals surface area contributed by atoms with E-state index in [9.17, 15) is 0 Å². The second-order valence-corrected chi connectivity index (χ2v) is 7.32. The third kappa shape index (κ3) is 6.87. The maximum atomic E-state index is 5.99. The number of rotatable bonds is 7. The summed E-state index contributed by atoms with van der Waals surface area (Å²) in [6.07, 6.45) is 2.84. The molecule has 1 aliphatic heterocycles. The Morgan fingerprint density at radius 1 is 1.38 bits per heavy atom. The van der Waals surface area contributed by atoms with E-state index < -0.39 is 0 Å². The minimum Gasteiger partial charge on any atom is -0.489 e. The van der Waals surface area contributed by atoms with Crippen LogP contribution in [0.2, 0.25) is 0 Å². The number of benzene rings is 1. The summed E-state index contributed by atoms with van der Waals surface area (Å²) in [5.74, 6) is 3.74. The predicted octanol–water partition coefficient (Wildman–Crippen LogP) is 3.10. The average molecular weight is 512 g/mol. The lowest BCUT2D eigenvalue weighted by Gasteiger charge is -2.25. The van der Waals surface area contributed by atoms with Crippen molar-refractivity contribution in [3.63, 3.8) is 0 Å². The van der Waals surface area contributed by atoms with Crippen LogP contribution < -0.4 is 15.4 Å². The average Bonchev–Trinajstić information content (AvgIpc) is 3.09. The van der Waals surface area contributed by atoms with Gasteiger partial charge < -0.3 is 15.4 Å². The summed E-state index contributed by atoms with van der Waals surface area (Å²) in [6.45, 7) is 10.5. The number of halogens is 1. The SMILES string of the molecule is CCNC(=NCC(C)Oc1cccc(C)c1)NC1CCc2nc(CC)nn2C1.I. The first kappa shape index (κ1) is 23.4. The van der Waals surface area contributed by atoms with E-state index in [1.807, 2.05) is 29.8 Å². The molecular weight excluding hydrogens is 479 g/mol. The zero-order chi connectivity index (χ0) is 19.9. The Hall–Kier alpha value is -1.84. The second kappa shape index (κ2) is 11.4. The first-order valence-electron chi connectivity index (χ1n) is 10.3. The number of guanidine groups is 1. The highest BCUT2D eigenvalue weighted by Gasteiger charge is 2.22. The fraction of sp³-hybridized carbons (Fsp3) is 0.571. The van der Waals surface area contributed by atoms with Gasteiger partial charge in [0.1, 0.15) is 17.7 Å². The molecule has 0 bridgehead atoms. The number of ether oxygens (including phenoxy) is 1. The van der Waals surface area contributed by atoms with Crippen LogP contribution in [0.5, 0.6) is 5.75 Å². The van der Waals surface area contributed by atoms with Gasteiger partial charge in [-0.3, -0.25) is 0 Å². The Morgan fingerprint density at radius 3 is 2.93 bits per heavy atom. The minimum absolute atomic E-state index is 0. The highest BCUT2D eigenvalue weighted by atomic mass is 127. The highest BCUT2D eigenvalue weighted by Crippen LogP contribution is 2.15. The van der Waals surface area contributed by atoms with Crippen molar-refractivity contribution >= 4 is 29.9 Å². The molecule has 0 spiro atoms. The van der Waals surface area contributed by atoms with E-state index >= 15 is 0 Å². The number of aliphatic imine (C=N–C) groups is 1. The summed E-state index contributed by atoms with van der Waals surface area (Å²) in [5, 5.41) is 11.5. The van der Waals surface area contributed by atoms with Crippen molar-refractivity contribution in [3.05, 3.63) is 41.5 Å². The third-order valence-corrected chi connectivity index (χ3v) is 4.74. The highest BCUT2D eigenvalue weighted by molar-refractivity contribution is 14.0. The maximum absolute atomic E-state index is 5.99. The summed E-state index contributed by atoms with van der Waals surface area (Å²) >= 11 is 0. The largest absolute Gasteiger partial charge is 0.489 e. The van der Waals surface area contributed by atoms with E-state index in [-0.39, 0.29) is 30.1 Å². The van der Waals surface area contributed by atoms with Crippen molar-refractivity contribution in [3.8, 4) is 5.75 Å². The zero-order valence-electron chi connectivity index (χ0n) is 17.8. The van der Waals surface area contributed by atoms with Crippen LogP contribution >= 0.6 is 24.0 Å². The Labute approximate surface area is 190 Å². The lowest BCUT2D eigenvalue weighted by Crippen LogP contribution is -2.47. The van der Waals surface area contributed by atoms with Crippen LogP contribution in [0.4, 0.5) is 0 Å². The smallest absolute Gasteiger partial charge is 0.191 e. The first-order chi connectivity index (χ1) is 13.6. The summed E-state index contributed by atoms with van der Waals surface area (Å²) in [6, 6.07) is 8.41. The molecule has 1 aromatic heterocycles. The Bertz CT molecular complexity index is 806. The number of fused-ring (bicyclic) bond motifs is 1. The number of aromatic nitrogens is 3. The molecule has 7 nitrogen and oxygen atoms in total. The fourth-order valence-electron chi connectivity index (χ4n) is 3.32. The van der Waals surface area contributed by atoms with Gasteiger partial charge in [-0.1, -0.05) is 19.1 Å². The molecule has 29 heavy (non-hydrogen) atoms. The molecule has 1 aliphatic rings. The standard InChI is InChI=1S/C21H32N6O.HI/c1-5-19-25-20-11-10-17(14-27(20)26-19)24-21(22-6-2)23-13-16(4)28-18-9-7-8-15(3)12-18;/h7-9,12,16-17H,5-6,10-11,13-14H2,1-4H3,(H2,22,23,24);1H. The predicted molar refractivity (Wildman–Crippen MR) is 127 cm³/mol. The van der Waals surface area contributed by atoms with Crippen LogP contribution in [-0.2, 0) is 19.4 Å². The third-order valence-electron chi connectivity index (χ3n) is 4.74. The topological polar surface area (TPSA) is 76.4 Å². The van der Waals surface area contributed by atoms with Crippen LogP contribution in [0.1, 0.15) is 44.4 Å². The normalized spacial score (nSPS) is 17.1. The molecule has 2 aromatic rings. The van der Waals surface area contributed by atoms with E-state index in [4.69, 9.17) is 9.73 Å². The van der Waals surface area contributed by atoms with Gasteiger partial charge in [-0.05, 0) is 44.9 Å². The van der Waals surface area contributed by atoms with Gasteiger partial charge in [0.2, 0.25) is 0 Å². The van der Waals surface area contributed by atoms with Crippen LogP contribution in [0, 0.1) is 6.92 Å². The number of aryl methyl sites for hydroxylation is 3. The van der Waals surface area contributed by atoms with Crippen molar-refractivity contribution in [1.29, 1.82) is 0 Å². The molecule has 0 aliphatic carbocycles. The molecule has 0 saturated heterocycles. The van der Waals surface area contributed by atoms with Gasteiger partial charge in [0, 0.05) is 25.4 Å². The van der Waals surface area contributed by atoms with Crippen LogP contribution in [0.3, 0.4) is 0 Å². The van der Waals surface area contributed by atoms with Crippen LogP contribution in [0.15, 0.2) is 29.3 Å². The van der Waals surface area contributed by atoms with Crippen molar-refractivity contribution in [2.75, 3.05) is 13.1 Å². The molecule has 1 aromatic carbocycles. The lowest BCUT2D eigenvalue weighted by molar-refractivity contribution is 0.230. The Balaban J connectivity index is 0.00000300. The maximum Gasteiger partial charge on any atom is 0.191 e. The number of hydrogen-bond donors (Lipinski definition) is 2. The van der Waals surface area contributed by atoms with Gasteiger partial charge in [0.05, 0.1) is 13.1 Å². The lowest BCUT2D eigenvalue weighted by atomic mass is 10.1. The summed E-state index contributed by atoms with van der Waals surface area (Å²) < 4.78 is 8.03. The van der Waals surface area contributed by atoms with E-state index in [1.165, 1.54) is 5.56 Å². The molecule has 0 saturated carbocycles. The summed E-state index contributed by atoms with van der Waals surface area (Å²) in [7, 11) is 0. The molecule has 2 unspecified atom stereocenters. The van der Waals surface area contributed by atoms with E-state index in [0.29, 0.717) is 12.6 Å². The number of nitrogens with zero attached hydrogens (tertiary/aromatic N) is 4. The van der Waals surface area contributed by atoms with Gasteiger partial charge >= 0.3 is 0 Å². The number of hydrogen-bond acceptors (Lipinski definition) is 4. The van der Waals surface area contributed by atoms with Crippen molar-refractivity contribution in [2.24, 2.45) is 4.99 Å². The van der Waals surface area contributed by atoms with Gasteiger partial charge in [0.15, 0.2) is 11.8 Å². The Morgan fingerprint density at radius 2 is 2.21 bits per heavy atom. The molecule has 0 radical (unpaired) electrons. The van der Waals surface area contributed by atoms with Crippen molar-refractivity contribution < 1.29 is 4.74 Å². The monoisotopic (exact) mass is 512 g/mol. The van der Waals surface area contributed by atoms with Gasteiger partial charge in [-0.2, -0.15) is 5.10 Å². The zero-order valence-corrected chi connectivity index (χ0v) is 20.1. The molecule has 2 N–H and O–H groups in total. The quantitative estimate of drug-likeness (QED) is 0.339. The van der Waals surface area contributed by atoms with Crippen LogP contribution in [0.25, 0.3) is 0 Å². The summed E-state index contributed by atoms with van der Waals surface area (Å²) in [4.78, 5) is 9.31. The summed E-state index contributed by atoms with van der Waals surface area (Å²) in [5.41, 5.74) is 1.19. The van der Waals surface area contributed by atoms with Gasteiger partial charge in [-0.25, -0.2) is 14.7 Å². The fourth-order valence-corrected chi connectivity index (χ4v) is 3.32. The van der Waals surface area contributed by atoms with E-state index in [0.717, 1.165) is 55.7 Å². The van der Waals surface area contributed by atoms with Gasteiger partial charge in [0.25, 0.3) is 0 Å². The van der Waals surface area contributed by atoms with Crippen molar-refractivity contribution in [2.45, 2.75) is 65.6 Å². The second-order valence-electron chi connectivity index (χ2n) is 7.32. The molecule has 8 heteroatoms. The van der Waals surface area contributed by atoms with E-state index in [1.54, 1.807) is 0 Å². The molecule has 0 amide bonds. The molecule has 160 valence electrons. The molecule has 2 atom stereocenters. The molecule has 2 heterocycles. The molecule has 0 fully saturated rings. The molecule has 3 rings (SSSR count). The minimum atomic E-state index is -0.00218. The van der Waals surface area contributed by atoms with Crippen molar-refractivity contribution in [1.82, 2.24) is 25.4 Å². The Kier molecular flexibility index (Phi) is 9.19. The van der Waals surface area contributed by atoms with E-state index in [2.05, 4.69) is 47.6 Å². The number of nitrogens with one attached hydrogen (secondary N) is 2. The first-order valence-corrected chi connectivity index (χ1v) is 10.3.